The largest absolute Gasteiger partial charge is 0.696 e. The van der Waals surface area contributed by atoms with Crippen LogP contribution in [0.4, 0.5) is 8.78 Å². The minimum absolute atomic E-state index is 1.11. The Hall–Kier alpha value is -3.07. The molecule has 14 nitrogen and oxygen atoms in total. The number of nitrogens with one attached hydrogen (secondary N) is 1. The Morgan fingerprint density at radius 2 is 1.29 bits per heavy atom. The minimum Gasteiger partial charge on any atom is -0.339 e. The first-order valence-corrected chi connectivity index (χ1v) is 4.64. The number of alkyl halides is 2. The Labute approximate surface area is 111 Å². The summed E-state index contributed by atoms with van der Waals surface area (Å²) in [4.78, 5) is 43.1. The lowest BCUT2D eigenvalue weighted by Crippen LogP contribution is -2.55. The lowest BCUT2D eigenvalue weighted by atomic mass is 10.3. The number of nitrogens with zero attached hydrogens (tertiary/aromatic N) is 4. The summed E-state index contributed by atoms with van der Waals surface area (Å²) in [6.07, 6.45) is -1.63. The molecule has 0 saturated carbocycles. The SMILES string of the molecule is O=C(NCCC(F)([N+](=O)[O-])[N+](=O)[O-])C(F)([N+](=O)[O-])[N+](=O)[O-]. The molecule has 0 fully saturated rings. The van der Waals surface area contributed by atoms with Crippen LogP contribution in [-0.2, 0) is 4.79 Å². The molecule has 0 rings (SSSR count). The highest BCUT2D eigenvalue weighted by molar-refractivity contribution is 5.81. The fourth-order valence-electron chi connectivity index (χ4n) is 0.929. The number of rotatable bonds is 8. The molecule has 21 heavy (non-hydrogen) atoms. The van der Waals surface area contributed by atoms with E-state index in [1.54, 1.807) is 0 Å². The van der Waals surface area contributed by atoms with E-state index in [0.29, 0.717) is 0 Å². The number of hydrogen-bond acceptors (Lipinski definition) is 9. The van der Waals surface area contributed by atoms with Crippen LogP contribution in [0, 0.1) is 40.5 Å². The van der Waals surface area contributed by atoms with E-state index in [-0.39, 0.29) is 0 Å². The molecule has 118 valence electrons. The number of carbonyl (C=O) groups is 1. The van der Waals surface area contributed by atoms with Gasteiger partial charge in [-0.25, -0.2) is 0 Å². The van der Waals surface area contributed by atoms with E-state index < -0.39 is 50.4 Å². The summed E-state index contributed by atoms with van der Waals surface area (Å²) < 4.78 is 26.4. The number of halogens is 2. The zero-order chi connectivity index (χ0) is 17.0. The first-order valence-electron chi connectivity index (χ1n) is 4.64. The first-order chi connectivity index (χ1) is 9.40. The minimum atomic E-state index is -4.80. The van der Waals surface area contributed by atoms with Gasteiger partial charge in [0.2, 0.25) is 0 Å². The molecule has 0 aliphatic carbocycles. The molecule has 0 bridgehead atoms. The maximum Gasteiger partial charge on any atom is 0.696 e. The maximum absolute atomic E-state index is 13.2. The van der Waals surface area contributed by atoms with Crippen LogP contribution in [0.15, 0.2) is 0 Å². The van der Waals surface area contributed by atoms with Gasteiger partial charge in [0.25, 0.3) is 0 Å². The molecule has 0 spiro atoms. The van der Waals surface area contributed by atoms with E-state index in [9.17, 15) is 54.0 Å². The number of carbonyl (C=O) groups excluding carboxylic acids is 1. The van der Waals surface area contributed by atoms with Crippen LogP contribution in [0.25, 0.3) is 0 Å². The second-order valence-corrected chi connectivity index (χ2v) is 3.34. The van der Waals surface area contributed by atoms with Gasteiger partial charge in [-0.2, -0.15) is 0 Å². The summed E-state index contributed by atoms with van der Waals surface area (Å²) in [5.74, 6) is -11.5. The van der Waals surface area contributed by atoms with Crippen LogP contribution in [0.3, 0.4) is 0 Å². The first kappa shape index (κ1) is 17.9. The highest BCUT2D eigenvalue weighted by Crippen LogP contribution is 2.18. The third-order valence-corrected chi connectivity index (χ3v) is 2.06. The lowest BCUT2D eigenvalue weighted by molar-refractivity contribution is -0.831. The van der Waals surface area contributed by atoms with Crippen molar-refractivity contribution in [3.63, 3.8) is 0 Å². The third-order valence-electron chi connectivity index (χ3n) is 2.06. The fraction of sp³-hybridized carbons (Fsp3) is 0.800. The number of nitro groups is 4. The van der Waals surface area contributed by atoms with Gasteiger partial charge in [0.15, 0.2) is 0 Å². The highest BCUT2D eigenvalue weighted by atomic mass is 19.2. The van der Waals surface area contributed by atoms with Crippen molar-refractivity contribution in [3.8, 4) is 0 Å². The molecule has 0 aromatic carbocycles. The van der Waals surface area contributed by atoms with Gasteiger partial charge in [0, 0.05) is 6.54 Å². The van der Waals surface area contributed by atoms with Gasteiger partial charge in [-0.3, -0.25) is 45.3 Å². The second kappa shape index (κ2) is 5.92. The van der Waals surface area contributed by atoms with E-state index in [4.69, 9.17) is 0 Å². The zero-order valence-electron chi connectivity index (χ0n) is 9.63. The van der Waals surface area contributed by atoms with E-state index >= 15 is 0 Å². The summed E-state index contributed by atoms with van der Waals surface area (Å²) >= 11 is 0. The van der Waals surface area contributed by atoms with E-state index in [1.807, 2.05) is 0 Å². The standard InChI is InChI=1S/C5H5F2N5O9/c6-4(9(14)15,10(16)17)1-2-8-3(13)5(7,11(18)19)12(20)21/h1-2H2,(H,8,13). The topological polar surface area (TPSA) is 202 Å². The monoisotopic (exact) mass is 317 g/mol. The molecule has 0 aromatic rings. The van der Waals surface area contributed by atoms with Crippen LogP contribution in [0.5, 0.6) is 0 Å². The van der Waals surface area contributed by atoms with Crippen LogP contribution >= 0.6 is 0 Å². The van der Waals surface area contributed by atoms with Crippen molar-refractivity contribution in [2.75, 3.05) is 6.54 Å². The summed E-state index contributed by atoms with van der Waals surface area (Å²) in [5, 5.41) is 41.6. The number of hydrogen-bond donors (Lipinski definition) is 1. The van der Waals surface area contributed by atoms with E-state index in [2.05, 4.69) is 0 Å². The summed E-state index contributed by atoms with van der Waals surface area (Å²) in [6.45, 7) is -1.33. The van der Waals surface area contributed by atoms with Gasteiger partial charge in [-0.05, 0) is 0 Å². The molecule has 0 aliphatic rings. The Balaban J connectivity index is 4.92. The predicted molar refractivity (Wildman–Crippen MR) is 53.3 cm³/mol. The zero-order valence-corrected chi connectivity index (χ0v) is 9.63. The van der Waals surface area contributed by atoms with Gasteiger partial charge in [0.1, 0.15) is 26.1 Å². The van der Waals surface area contributed by atoms with Crippen molar-refractivity contribution in [1.29, 1.82) is 0 Å². The average molecular weight is 317 g/mol. The molecule has 0 radical (unpaired) electrons. The Morgan fingerprint density at radius 3 is 1.57 bits per heavy atom. The second-order valence-electron chi connectivity index (χ2n) is 3.34. The van der Waals surface area contributed by atoms with Crippen molar-refractivity contribution in [1.82, 2.24) is 5.32 Å². The van der Waals surface area contributed by atoms with Crippen molar-refractivity contribution in [2.24, 2.45) is 0 Å². The van der Waals surface area contributed by atoms with Gasteiger partial charge in [0.05, 0.1) is 0 Å². The maximum atomic E-state index is 13.2. The molecule has 1 amide bonds. The van der Waals surface area contributed by atoms with E-state index in [1.165, 1.54) is 0 Å². The smallest absolute Gasteiger partial charge is 0.339 e. The predicted octanol–water partition coefficient (Wildman–Crippen LogP) is -1.15. The van der Waals surface area contributed by atoms with Gasteiger partial charge in [-0.1, -0.05) is 8.78 Å². The molecule has 16 heteroatoms. The van der Waals surface area contributed by atoms with Gasteiger partial charge in [-0.15, -0.1) is 0 Å². The number of amides is 1. The van der Waals surface area contributed by atoms with Crippen molar-refractivity contribution >= 4 is 5.91 Å². The quantitative estimate of drug-likeness (QED) is 0.248. The molecule has 1 N–H and O–H groups in total. The molecule has 0 heterocycles. The van der Waals surface area contributed by atoms with Crippen LogP contribution in [0.2, 0.25) is 0 Å². The summed E-state index contributed by atoms with van der Waals surface area (Å²) in [5.41, 5.74) is 0. The van der Waals surface area contributed by atoms with Crippen molar-refractivity contribution in [3.05, 3.63) is 40.5 Å². The van der Waals surface area contributed by atoms with Crippen LogP contribution in [-0.4, -0.2) is 44.0 Å². The highest BCUT2D eigenvalue weighted by Gasteiger charge is 2.67. The average Bonchev–Trinajstić information content (AvgIpc) is 2.35. The molecule has 0 aromatic heterocycles. The molecule has 0 atom stereocenters. The molecular formula is C5H5F2N5O9. The molecule has 0 saturated heterocycles. The fourth-order valence-corrected chi connectivity index (χ4v) is 0.929. The van der Waals surface area contributed by atoms with Gasteiger partial charge < -0.3 is 5.32 Å². The van der Waals surface area contributed by atoms with Crippen LogP contribution < -0.4 is 5.32 Å². The lowest BCUT2D eigenvalue weighted by Gasteiger charge is -2.10. The Morgan fingerprint density at radius 1 is 0.905 bits per heavy atom. The summed E-state index contributed by atoms with van der Waals surface area (Å²) in [7, 11) is 0. The van der Waals surface area contributed by atoms with E-state index in [0.717, 1.165) is 5.32 Å². The van der Waals surface area contributed by atoms with Crippen LogP contribution in [0.1, 0.15) is 6.42 Å². The normalized spacial score (nSPS) is 11.5. The molecular weight excluding hydrogens is 312 g/mol. The molecule has 0 aliphatic heterocycles. The molecule has 0 unspecified atom stereocenters. The van der Waals surface area contributed by atoms with Crippen molar-refractivity contribution < 1.29 is 33.3 Å². The Kier molecular flexibility index (Phi) is 5.06. The Bertz CT molecular complexity index is 481. The summed E-state index contributed by atoms with van der Waals surface area (Å²) in [6, 6.07) is 0. The third kappa shape index (κ3) is 3.28. The van der Waals surface area contributed by atoms with Crippen molar-refractivity contribution in [2.45, 2.75) is 18.3 Å². The van der Waals surface area contributed by atoms with Gasteiger partial charge >= 0.3 is 17.7 Å².